The number of fused-ring (bicyclic) bond motifs is 9. The maximum atomic E-state index is 3.65. The normalized spacial score (nSPS) is 14.8. The molecule has 1 aliphatic carbocycles. The molecule has 4 aromatic rings. The van der Waals surface area contributed by atoms with Gasteiger partial charge in [0.1, 0.15) is 0 Å². The number of para-hydroxylation sites is 2. The van der Waals surface area contributed by atoms with E-state index in [4.69, 9.17) is 0 Å². The van der Waals surface area contributed by atoms with E-state index in [9.17, 15) is 0 Å². The first-order valence-corrected chi connectivity index (χ1v) is 9.06. The lowest BCUT2D eigenvalue weighted by Crippen LogP contribution is -2.33. The highest BCUT2D eigenvalue weighted by Crippen LogP contribution is 2.60. The van der Waals surface area contributed by atoms with Crippen LogP contribution in [0, 0.1) is 0 Å². The van der Waals surface area contributed by atoms with Crippen LogP contribution < -0.4 is 5.32 Å². The molecule has 26 heavy (non-hydrogen) atoms. The van der Waals surface area contributed by atoms with E-state index in [-0.39, 0.29) is 5.41 Å². The summed E-state index contributed by atoms with van der Waals surface area (Å²) in [7, 11) is 0. The molecule has 2 aliphatic rings. The fourth-order valence-corrected chi connectivity index (χ4v) is 4.94. The Labute approximate surface area is 153 Å². The van der Waals surface area contributed by atoms with Gasteiger partial charge in [-0.25, -0.2) is 0 Å². The second kappa shape index (κ2) is 4.86. The van der Waals surface area contributed by atoms with Crippen LogP contribution in [-0.2, 0) is 5.41 Å². The van der Waals surface area contributed by atoms with Gasteiger partial charge in [0.15, 0.2) is 0 Å². The Morgan fingerprint density at radius 3 is 1.31 bits per heavy atom. The lowest BCUT2D eigenvalue weighted by Gasteiger charge is -2.40. The third-order valence-electron chi connectivity index (χ3n) is 5.88. The minimum atomic E-state index is -0.258. The van der Waals surface area contributed by atoms with Crippen LogP contribution in [0.3, 0.4) is 0 Å². The lowest BCUT2D eigenvalue weighted by atomic mass is 9.65. The van der Waals surface area contributed by atoms with Gasteiger partial charge in [0, 0.05) is 11.4 Å². The highest BCUT2D eigenvalue weighted by molar-refractivity contribution is 5.92. The molecule has 0 unspecified atom stereocenters. The molecule has 122 valence electrons. The van der Waals surface area contributed by atoms with E-state index in [0.717, 1.165) is 0 Å². The zero-order chi connectivity index (χ0) is 17.1. The van der Waals surface area contributed by atoms with Crippen molar-refractivity contribution in [1.29, 1.82) is 0 Å². The molecule has 4 aromatic carbocycles. The first kappa shape index (κ1) is 13.9. The van der Waals surface area contributed by atoms with Crippen LogP contribution in [0.15, 0.2) is 97.1 Å². The fourth-order valence-electron chi connectivity index (χ4n) is 4.94. The van der Waals surface area contributed by atoms with Crippen LogP contribution in [0.4, 0.5) is 11.4 Å². The molecule has 0 aromatic heterocycles. The predicted octanol–water partition coefficient (Wildman–Crippen LogP) is 6.11. The summed E-state index contributed by atoms with van der Waals surface area (Å²) in [6, 6.07) is 35.2. The van der Waals surface area contributed by atoms with Gasteiger partial charge in [-0.2, -0.15) is 0 Å². The summed E-state index contributed by atoms with van der Waals surface area (Å²) in [4.78, 5) is 0. The monoisotopic (exact) mass is 331 g/mol. The van der Waals surface area contributed by atoms with Crippen molar-refractivity contribution >= 4 is 11.4 Å². The summed E-state index contributed by atoms with van der Waals surface area (Å²) >= 11 is 0. The first-order valence-electron chi connectivity index (χ1n) is 9.06. The summed E-state index contributed by atoms with van der Waals surface area (Å²) in [6.07, 6.45) is 0. The van der Waals surface area contributed by atoms with Crippen molar-refractivity contribution in [2.45, 2.75) is 5.41 Å². The lowest BCUT2D eigenvalue weighted by molar-refractivity contribution is 0.763. The van der Waals surface area contributed by atoms with Crippen molar-refractivity contribution in [3.8, 4) is 11.1 Å². The van der Waals surface area contributed by atoms with Crippen LogP contribution in [-0.4, -0.2) is 0 Å². The molecule has 0 bridgehead atoms. The van der Waals surface area contributed by atoms with Gasteiger partial charge in [-0.15, -0.1) is 0 Å². The largest absolute Gasteiger partial charge is 0.355 e. The molecular formula is C25H17N. The van der Waals surface area contributed by atoms with E-state index < -0.39 is 0 Å². The SMILES string of the molecule is c1ccc2c(c1)Nc1ccccc1C21c2ccccc2-c2ccccc21. The number of hydrogen-bond acceptors (Lipinski definition) is 1. The molecular weight excluding hydrogens is 314 g/mol. The Bertz CT molecular complexity index is 1080. The summed E-state index contributed by atoms with van der Waals surface area (Å²) in [5.41, 5.74) is 10.2. The molecule has 0 saturated heterocycles. The van der Waals surface area contributed by atoms with Gasteiger partial charge in [0.05, 0.1) is 5.41 Å². The molecule has 1 aliphatic heterocycles. The molecule has 1 heteroatoms. The molecule has 1 N–H and O–H groups in total. The van der Waals surface area contributed by atoms with Gasteiger partial charge in [0.2, 0.25) is 0 Å². The van der Waals surface area contributed by atoms with E-state index in [0.29, 0.717) is 0 Å². The third-order valence-corrected chi connectivity index (χ3v) is 5.88. The summed E-state index contributed by atoms with van der Waals surface area (Å²) in [5.74, 6) is 0. The van der Waals surface area contributed by atoms with Crippen LogP contribution in [0.1, 0.15) is 22.3 Å². The van der Waals surface area contributed by atoms with E-state index in [1.165, 1.54) is 44.8 Å². The van der Waals surface area contributed by atoms with Gasteiger partial charge in [-0.1, -0.05) is 84.9 Å². The van der Waals surface area contributed by atoms with E-state index in [1.807, 2.05) is 0 Å². The third kappa shape index (κ3) is 1.52. The second-order valence-electron chi connectivity index (χ2n) is 7.06. The van der Waals surface area contributed by atoms with E-state index in [1.54, 1.807) is 0 Å². The number of benzene rings is 4. The van der Waals surface area contributed by atoms with Crippen molar-refractivity contribution in [1.82, 2.24) is 0 Å². The maximum absolute atomic E-state index is 3.65. The zero-order valence-electron chi connectivity index (χ0n) is 14.2. The van der Waals surface area contributed by atoms with Gasteiger partial charge in [-0.05, 0) is 45.5 Å². The Kier molecular flexibility index (Phi) is 2.60. The smallest absolute Gasteiger partial charge is 0.0753 e. The molecule has 0 amide bonds. The van der Waals surface area contributed by atoms with Crippen molar-refractivity contribution < 1.29 is 0 Å². The predicted molar refractivity (Wildman–Crippen MR) is 107 cm³/mol. The average molecular weight is 331 g/mol. The van der Waals surface area contributed by atoms with Crippen LogP contribution >= 0.6 is 0 Å². The van der Waals surface area contributed by atoms with Crippen molar-refractivity contribution in [2.24, 2.45) is 0 Å². The van der Waals surface area contributed by atoms with Gasteiger partial charge in [-0.3, -0.25) is 0 Å². The quantitative estimate of drug-likeness (QED) is 0.354. The van der Waals surface area contributed by atoms with Crippen LogP contribution in [0.5, 0.6) is 0 Å². The number of anilines is 2. The zero-order valence-corrected chi connectivity index (χ0v) is 14.2. The Balaban J connectivity index is 1.87. The molecule has 1 heterocycles. The Morgan fingerprint density at radius 1 is 0.423 bits per heavy atom. The van der Waals surface area contributed by atoms with Gasteiger partial charge < -0.3 is 5.32 Å². The van der Waals surface area contributed by atoms with Crippen molar-refractivity contribution in [2.75, 3.05) is 5.32 Å². The second-order valence-corrected chi connectivity index (χ2v) is 7.06. The van der Waals surface area contributed by atoms with Crippen LogP contribution in [0.25, 0.3) is 11.1 Å². The summed E-state index contributed by atoms with van der Waals surface area (Å²) < 4.78 is 0. The Hall–Kier alpha value is -3.32. The number of hydrogen-bond donors (Lipinski definition) is 1. The maximum Gasteiger partial charge on any atom is 0.0753 e. The number of nitrogens with one attached hydrogen (secondary N) is 1. The molecule has 0 fully saturated rings. The standard InChI is InChI=1S/C25H17N/c1-3-11-19-17(9-1)18-10-2-4-12-20(18)25(19)21-13-5-7-15-23(21)26-24-16-8-6-14-22(24)25/h1-16,26H. The molecule has 0 saturated carbocycles. The van der Waals surface area contributed by atoms with Crippen molar-refractivity contribution in [3.63, 3.8) is 0 Å². The Morgan fingerprint density at radius 2 is 0.808 bits per heavy atom. The highest BCUT2D eigenvalue weighted by Gasteiger charge is 2.49. The minimum absolute atomic E-state index is 0.258. The van der Waals surface area contributed by atoms with Crippen molar-refractivity contribution in [3.05, 3.63) is 119 Å². The van der Waals surface area contributed by atoms with Crippen LogP contribution in [0.2, 0.25) is 0 Å². The summed E-state index contributed by atoms with van der Waals surface area (Å²) in [6.45, 7) is 0. The molecule has 6 rings (SSSR count). The first-order chi connectivity index (χ1) is 12.9. The van der Waals surface area contributed by atoms with E-state index in [2.05, 4.69) is 102 Å². The molecule has 1 spiro atoms. The average Bonchev–Trinajstić information content (AvgIpc) is 3.00. The minimum Gasteiger partial charge on any atom is -0.355 e. The molecule has 0 atom stereocenters. The molecule has 0 radical (unpaired) electrons. The van der Waals surface area contributed by atoms with E-state index >= 15 is 0 Å². The van der Waals surface area contributed by atoms with Gasteiger partial charge in [0.25, 0.3) is 0 Å². The molecule has 1 nitrogen and oxygen atoms in total. The summed E-state index contributed by atoms with van der Waals surface area (Å²) in [5, 5.41) is 3.65. The van der Waals surface area contributed by atoms with Gasteiger partial charge >= 0.3 is 0 Å². The number of rotatable bonds is 0. The fraction of sp³-hybridized carbons (Fsp3) is 0.0400. The highest BCUT2D eigenvalue weighted by atomic mass is 14.9. The topological polar surface area (TPSA) is 12.0 Å².